The van der Waals surface area contributed by atoms with Crippen LogP contribution in [0.15, 0.2) is 18.2 Å². The fraction of sp³-hybridized carbons (Fsp3) is 0.571. The summed E-state index contributed by atoms with van der Waals surface area (Å²) < 4.78 is 13.3. The zero-order chi connectivity index (χ0) is 12.5. The molecule has 3 heteroatoms. The van der Waals surface area contributed by atoms with Crippen LogP contribution in [0.25, 0.3) is 0 Å². The van der Waals surface area contributed by atoms with Gasteiger partial charge in [0.05, 0.1) is 0 Å². The molecule has 0 fully saturated rings. The van der Waals surface area contributed by atoms with E-state index in [0.717, 1.165) is 18.7 Å². The molecular formula is C14H22FNS. The van der Waals surface area contributed by atoms with Crippen LogP contribution in [0.4, 0.5) is 4.39 Å². The summed E-state index contributed by atoms with van der Waals surface area (Å²) in [5.41, 5.74) is 1.74. The first kappa shape index (κ1) is 14.5. The molecule has 0 amide bonds. The van der Waals surface area contributed by atoms with Gasteiger partial charge >= 0.3 is 0 Å². The monoisotopic (exact) mass is 255 g/mol. The zero-order valence-electron chi connectivity index (χ0n) is 10.8. The molecule has 0 aliphatic carbocycles. The van der Waals surface area contributed by atoms with Crippen molar-refractivity contribution >= 4 is 11.8 Å². The summed E-state index contributed by atoms with van der Waals surface area (Å²) in [5, 5.41) is 3.35. The van der Waals surface area contributed by atoms with Gasteiger partial charge in [-0.1, -0.05) is 18.6 Å². The Bertz CT molecular complexity index is 328. The lowest BCUT2D eigenvalue weighted by molar-refractivity contribution is 0.601. The minimum absolute atomic E-state index is 0.107. The first-order chi connectivity index (χ1) is 8.24. The highest BCUT2D eigenvalue weighted by Crippen LogP contribution is 2.09. The minimum atomic E-state index is -0.107. The molecule has 1 aromatic carbocycles. The molecule has 1 N–H and O–H groups in total. The average Bonchev–Trinajstić information content (AvgIpc) is 2.32. The van der Waals surface area contributed by atoms with E-state index in [1.807, 2.05) is 23.9 Å². The molecule has 0 spiro atoms. The van der Waals surface area contributed by atoms with Crippen LogP contribution in [0.5, 0.6) is 0 Å². The molecule has 1 nitrogen and oxygen atoms in total. The molecule has 0 bridgehead atoms. The Balaban J connectivity index is 2.11. The number of hydrogen-bond donors (Lipinski definition) is 1. The summed E-state index contributed by atoms with van der Waals surface area (Å²) in [6.45, 7) is 3.57. The molecule has 0 saturated carbocycles. The van der Waals surface area contributed by atoms with Gasteiger partial charge in [0.25, 0.3) is 0 Å². The second-order valence-electron chi connectivity index (χ2n) is 4.31. The topological polar surface area (TPSA) is 12.0 Å². The summed E-state index contributed by atoms with van der Waals surface area (Å²) in [5.74, 6) is 1.15. The van der Waals surface area contributed by atoms with Crippen LogP contribution < -0.4 is 5.32 Å². The predicted octanol–water partition coefficient (Wildman–Crippen LogP) is 3.76. The van der Waals surface area contributed by atoms with E-state index in [0.29, 0.717) is 5.56 Å². The third-order valence-corrected chi connectivity index (χ3v) is 3.46. The van der Waals surface area contributed by atoms with Crippen molar-refractivity contribution in [3.05, 3.63) is 35.1 Å². The average molecular weight is 255 g/mol. The number of unbranched alkanes of at least 4 members (excludes halogenated alkanes) is 2. The van der Waals surface area contributed by atoms with Gasteiger partial charge in [0.15, 0.2) is 0 Å². The summed E-state index contributed by atoms with van der Waals surface area (Å²) in [6.07, 6.45) is 5.91. The fourth-order valence-corrected chi connectivity index (χ4v) is 2.15. The van der Waals surface area contributed by atoms with E-state index in [1.165, 1.54) is 25.0 Å². The van der Waals surface area contributed by atoms with E-state index in [9.17, 15) is 4.39 Å². The maximum absolute atomic E-state index is 13.3. The lowest BCUT2D eigenvalue weighted by atomic mass is 10.1. The van der Waals surface area contributed by atoms with E-state index in [4.69, 9.17) is 0 Å². The maximum Gasteiger partial charge on any atom is 0.126 e. The van der Waals surface area contributed by atoms with Gasteiger partial charge in [-0.15, -0.1) is 0 Å². The largest absolute Gasteiger partial charge is 0.313 e. The predicted molar refractivity (Wildman–Crippen MR) is 75.1 cm³/mol. The number of hydrogen-bond acceptors (Lipinski definition) is 2. The molecule has 0 radical (unpaired) electrons. The minimum Gasteiger partial charge on any atom is -0.313 e. The van der Waals surface area contributed by atoms with E-state index >= 15 is 0 Å². The number of benzene rings is 1. The van der Waals surface area contributed by atoms with Crippen molar-refractivity contribution in [3.63, 3.8) is 0 Å². The second-order valence-corrected chi connectivity index (χ2v) is 5.30. The van der Waals surface area contributed by atoms with Crippen molar-refractivity contribution < 1.29 is 4.39 Å². The summed E-state index contributed by atoms with van der Waals surface area (Å²) in [6, 6.07) is 5.44. The van der Waals surface area contributed by atoms with Crippen molar-refractivity contribution in [1.29, 1.82) is 0 Å². The first-order valence-electron chi connectivity index (χ1n) is 6.18. The van der Waals surface area contributed by atoms with Gasteiger partial charge in [0, 0.05) is 6.54 Å². The smallest absolute Gasteiger partial charge is 0.126 e. The third kappa shape index (κ3) is 6.08. The van der Waals surface area contributed by atoms with Gasteiger partial charge < -0.3 is 5.32 Å². The lowest BCUT2D eigenvalue weighted by Gasteiger charge is -2.06. The Morgan fingerprint density at radius 3 is 2.76 bits per heavy atom. The number of aryl methyl sites for hydroxylation is 1. The summed E-state index contributed by atoms with van der Waals surface area (Å²) in [4.78, 5) is 0. The standard InChI is InChI=1S/C14H22FNS/c1-12-6-7-13(10-14(12)15)11-16-8-4-3-5-9-17-2/h6-7,10,16H,3-5,8-9,11H2,1-2H3. The van der Waals surface area contributed by atoms with E-state index < -0.39 is 0 Å². The molecular weight excluding hydrogens is 233 g/mol. The molecule has 96 valence electrons. The molecule has 0 aliphatic rings. The Labute approximate surface area is 108 Å². The molecule has 0 saturated heterocycles. The summed E-state index contributed by atoms with van der Waals surface area (Å²) in [7, 11) is 0. The van der Waals surface area contributed by atoms with Crippen molar-refractivity contribution in [3.8, 4) is 0 Å². The number of rotatable bonds is 8. The second kappa shape index (κ2) is 8.54. The van der Waals surface area contributed by atoms with Crippen LogP contribution in [0.3, 0.4) is 0 Å². The molecule has 0 atom stereocenters. The quantitative estimate of drug-likeness (QED) is 0.710. The Morgan fingerprint density at radius 1 is 1.24 bits per heavy atom. The molecule has 1 rings (SSSR count). The van der Waals surface area contributed by atoms with Crippen LogP contribution in [-0.4, -0.2) is 18.6 Å². The van der Waals surface area contributed by atoms with Gasteiger partial charge in [-0.3, -0.25) is 0 Å². The van der Waals surface area contributed by atoms with Gasteiger partial charge in [-0.05, 0) is 55.5 Å². The zero-order valence-corrected chi connectivity index (χ0v) is 11.6. The molecule has 0 heterocycles. The van der Waals surface area contributed by atoms with Crippen LogP contribution in [-0.2, 0) is 6.54 Å². The van der Waals surface area contributed by atoms with Crippen LogP contribution in [0.1, 0.15) is 30.4 Å². The van der Waals surface area contributed by atoms with Crippen LogP contribution >= 0.6 is 11.8 Å². The Morgan fingerprint density at radius 2 is 2.06 bits per heavy atom. The lowest BCUT2D eigenvalue weighted by Crippen LogP contribution is -2.14. The first-order valence-corrected chi connectivity index (χ1v) is 7.58. The van der Waals surface area contributed by atoms with Crippen LogP contribution in [0.2, 0.25) is 0 Å². The Hall–Kier alpha value is -0.540. The van der Waals surface area contributed by atoms with Crippen molar-refractivity contribution in [2.24, 2.45) is 0 Å². The number of thioether (sulfide) groups is 1. The van der Waals surface area contributed by atoms with Gasteiger partial charge in [-0.2, -0.15) is 11.8 Å². The highest BCUT2D eigenvalue weighted by atomic mass is 32.2. The highest BCUT2D eigenvalue weighted by molar-refractivity contribution is 7.98. The number of halogens is 1. The molecule has 17 heavy (non-hydrogen) atoms. The fourth-order valence-electron chi connectivity index (χ4n) is 1.65. The van der Waals surface area contributed by atoms with Crippen molar-refractivity contribution in [2.45, 2.75) is 32.7 Å². The van der Waals surface area contributed by atoms with Gasteiger partial charge in [-0.25, -0.2) is 4.39 Å². The normalized spacial score (nSPS) is 10.8. The van der Waals surface area contributed by atoms with E-state index in [1.54, 1.807) is 13.0 Å². The molecule has 0 aliphatic heterocycles. The third-order valence-electron chi connectivity index (χ3n) is 2.77. The van der Waals surface area contributed by atoms with Gasteiger partial charge in [0.1, 0.15) is 5.82 Å². The molecule has 1 aromatic rings. The summed E-state index contributed by atoms with van der Waals surface area (Å²) >= 11 is 1.90. The highest BCUT2D eigenvalue weighted by Gasteiger charge is 1.98. The van der Waals surface area contributed by atoms with Crippen LogP contribution in [0, 0.1) is 12.7 Å². The molecule has 0 unspecified atom stereocenters. The SMILES string of the molecule is CSCCCCCNCc1ccc(C)c(F)c1. The Kier molecular flexibility index (Phi) is 7.29. The van der Waals surface area contributed by atoms with E-state index in [-0.39, 0.29) is 5.82 Å². The maximum atomic E-state index is 13.3. The molecule has 0 aromatic heterocycles. The number of nitrogens with one attached hydrogen (secondary N) is 1. The van der Waals surface area contributed by atoms with Crippen molar-refractivity contribution in [1.82, 2.24) is 5.32 Å². The van der Waals surface area contributed by atoms with E-state index in [2.05, 4.69) is 11.6 Å². The van der Waals surface area contributed by atoms with Gasteiger partial charge in [0.2, 0.25) is 0 Å². The van der Waals surface area contributed by atoms with Crippen molar-refractivity contribution in [2.75, 3.05) is 18.6 Å².